The van der Waals surface area contributed by atoms with Crippen molar-refractivity contribution in [2.75, 3.05) is 0 Å². The van der Waals surface area contributed by atoms with Gasteiger partial charge in [0.25, 0.3) is 5.91 Å². The van der Waals surface area contributed by atoms with E-state index in [4.69, 9.17) is 27.7 Å². The molecule has 156 valence electrons. The molecular formula is C23H28Cl2N2O2. The molecule has 1 aromatic carbocycles. The molecule has 6 heteroatoms. The maximum Gasteiger partial charge on any atom is 0.260 e. The minimum Gasteiger partial charge on any atom is -0.360 e. The third kappa shape index (κ3) is 4.34. The highest BCUT2D eigenvalue weighted by Gasteiger charge is 2.36. The second-order valence-electron chi connectivity index (χ2n) is 8.38. The van der Waals surface area contributed by atoms with Crippen LogP contribution in [0.3, 0.4) is 0 Å². The molecule has 29 heavy (non-hydrogen) atoms. The van der Waals surface area contributed by atoms with E-state index in [1.165, 1.54) is 38.5 Å². The molecule has 4 rings (SSSR count). The normalized spacial score (nSPS) is 18.7. The Kier molecular flexibility index (Phi) is 6.50. The summed E-state index contributed by atoms with van der Waals surface area (Å²) < 4.78 is 5.49. The summed E-state index contributed by atoms with van der Waals surface area (Å²) >= 11 is 12.5. The molecule has 0 unspecified atom stereocenters. The van der Waals surface area contributed by atoms with Gasteiger partial charge in [0.15, 0.2) is 0 Å². The summed E-state index contributed by atoms with van der Waals surface area (Å²) in [6.07, 6.45) is 11.7. The molecule has 2 aliphatic carbocycles. The van der Waals surface area contributed by atoms with Crippen LogP contribution in [0.25, 0.3) is 11.3 Å². The first-order chi connectivity index (χ1) is 14.1. The van der Waals surface area contributed by atoms with Crippen LogP contribution in [-0.2, 0) is 0 Å². The van der Waals surface area contributed by atoms with E-state index in [9.17, 15) is 4.79 Å². The third-order valence-corrected chi connectivity index (χ3v) is 6.98. The lowest BCUT2D eigenvalue weighted by atomic mass is 9.87. The van der Waals surface area contributed by atoms with Crippen LogP contribution in [0.1, 0.15) is 80.3 Å². The Bertz CT molecular complexity index is 850. The minimum atomic E-state index is 0.0450. The number of rotatable bonds is 4. The molecule has 1 heterocycles. The molecule has 2 aliphatic rings. The summed E-state index contributed by atoms with van der Waals surface area (Å²) in [6, 6.07) is 5.87. The summed E-state index contributed by atoms with van der Waals surface area (Å²) in [5.74, 6) is 0.594. The van der Waals surface area contributed by atoms with Crippen LogP contribution in [0.4, 0.5) is 0 Å². The lowest BCUT2D eigenvalue weighted by Crippen LogP contribution is -2.49. The second-order valence-corrected chi connectivity index (χ2v) is 9.23. The summed E-state index contributed by atoms with van der Waals surface area (Å²) in [5, 5.41) is 5.25. The zero-order valence-corrected chi connectivity index (χ0v) is 18.4. The number of carbonyl (C=O) groups excluding carboxylic acids is 1. The molecule has 0 bridgehead atoms. The van der Waals surface area contributed by atoms with E-state index < -0.39 is 0 Å². The van der Waals surface area contributed by atoms with Crippen molar-refractivity contribution in [1.29, 1.82) is 0 Å². The fraction of sp³-hybridized carbons (Fsp3) is 0.565. The predicted molar refractivity (Wildman–Crippen MR) is 117 cm³/mol. The van der Waals surface area contributed by atoms with Crippen molar-refractivity contribution in [3.63, 3.8) is 0 Å². The first kappa shape index (κ1) is 20.7. The molecule has 2 aromatic rings. The maximum absolute atomic E-state index is 14.0. The van der Waals surface area contributed by atoms with Gasteiger partial charge in [-0.05, 0) is 50.8 Å². The van der Waals surface area contributed by atoms with Gasteiger partial charge in [0.2, 0.25) is 0 Å². The molecule has 0 saturated heterocycles. The molecule has 2 fully saturated rings. The molecular weight excluding hydrogens is 407 g/mol. The van der Waals surface area contributed by atoms with Gasteiger partial charge in [0, 0.05) is 22.7 Å². The number of nitrogens with zero attached hydrogens (tertiary/aromatic N) is 2. The number of hydrogen-bond donors (Lipinski definition) is 0. The Labute approximate surface area is 182 Å². The van der Waals surface area contributed by atoms with E-state index in [1.807, 2.05) is 13.0 Å². The van der Waals surface area contributed by atoms with Crippen LogP contribution in [-0.4, -0.2) is 28.0 Å². The van der Waals surface area contributed by atoms with Gasteiger partial charge in [-0.15, -0.1) is 0 Å². The zero-order chi connectivity index (χ0) is 20.4. The molecule has 0 radical (unpaired) electrons. The van der Waals surface area contributed by atoms with E-state index >= 15 is 0 Å². The first-order valence-corrected chi connectivity index (χ1v) is 11.6. The molecule has 0 N–H and O–H groups in total. The van der Waals surface area contributed by atoms with Crippen molar-refractivity contribution in [3.8, 4) is 11.3 Å². The molecule has 4 nitrogen and oxygen atoms in total. The Hall–Kier alpha value is -1.52. The molecule has 0 aliphatic heterocycles. The lowest BCUT2D eigenvalue weighted by Gasteiger charge is -2.41. The topological polar surface area (TPSA) is 46.3 Å². The van der Waals surface area contributed by atoms with E-state index in [-0.39, 0.29) is 5.91 Å². The Morgan fingerprint density at radius 3 is 2.14 bits per heavy atom. The van der Waals surface area contributed by atoms with Crippen LogP contribution >= 0.6 is 23.2 Å². The number of aryl methyl sites for hydroxylation is 1. The molecule has 0 atom stereocenters. The average molecular weight is 435 g/mol. The van der Waals surface area contributed by atoms with Crippen LogP contribution in [0.15, 0.2) is 22.7 Å². The van der Waals surface area contributed by atoms with Crippen molar-refractivity contribution in [2.45, 2.75) is 83.2 Å². The van der Waals surface area contributed by atoms with Gasteiger partial charge < -0.3 is 9.42 Å². The van der Waals surface area contributed by atoms with Gasteiger partial charge in [-0.3, -0.25) is 4.79 Å². The van der Waals surface area contributed by atoms with Gasteiger partial charge >= 0.3 is 0 Å². The largest absolute Gasteiger partial charge is 0.360 e. The summed E-state index contributed by atoms with van der Waals surface area (Å²) in [5.41, 5.74) is 1.75. The van der Waals surface area contributed by atoms with Crippen molar-refractivity contribution < 1.29 is 9.32 Å². The highest BCUT2D eigenvalue weighted by molar-refractivity contribution is 6.36. The lowest BCUT2D eigenvalue weighted by molar-refractivity contribution is 0.0447. The monoisotopic (exact) mass is 434 g/mol. The summed E-state index contributed by atoms with van der Waals surface area (Å²) in [6.45, 7) is 1.81. The van der Waals surface area contributed by atoms with Gasteiger partial charge in [-0.2, -0.15) is 0 Å². The Balaban J connectivity index is 1.73. The fourth-order valence-electron chi connectivity index (χ4n) is 4.97. The van der Waals surface area contributed by atoms with Gasteiger partial charge in [-0.1, -0.05) is 66.9 Å². The van der Waals surface area contributed by atoms with Crippen molar-refractivity contribution in [1.82, 2.24) is 10.1 Å². The standard InChI is InChI=1S/C23H28Cl2N2O2/c1-15-21(22(26-29-15)19-13-12-16(24)14-20(19)25)23(28)27(17-8-4-2-5-9-17)18-10-6-3-7-11-18/h12-14,17-18H,2-11H2,1H3. The molecule has 1 amide bonds. The Morgan fingerprint density at radius 1 is 1.00 bits per heavy atom. The SMILES string of the molecule is Cc1onc(-c2ccc(Cl)cc2Cl)c1C(=O)N(C1CCCCC1)C1CCCCC1. The number of aromatic nitrogens is 1. The third-order valence-electron chi connectivity index (χ3n) is 6.43. The highest BCUT2D eigenvalue weighted by Crippen LogP contribution is 2.37. The number of halogens is 2. The van der Waals surface area contributed by atoms with E-state index in [2.05, 4.69) is 10.1 Å². The summed E-state index contributed by atoms with van der Waals surface area (Å²) in [4.78, 5) is 16.1. The zero-order valence-electron chi connectivity index (χ0n) is 16.9. The molecule has 0 spiro atoms. The average Bonchev–Trinajstić information content (AvgIpc) is 3.11. The van der Waals surface area contributed by atoms with Crippen LogP contribution in [0.2, 0.25) is 10.0 Å². The van der Waals surface area contributed by atoms with Crippen LogP contribution in [0.5, 0.6) is 0 Å². The van der Waals surface area contributed by atoms with E-state index in [0.29, 0.717) is 44.7 Å². The van der Waals surface area contributed by atoms with Gasteiger partial charge in [-0.25, -0.2) is 0 Å². The molecule has 1 aromatic heterocycles. The van der Waals surface area contributed by atoms with Gasteiger partial charge in [0.05, 0.1) is 5.02 Å². The first-order valence-electron chi connectivity index (χ1n) is 10.8. The fourth-order valence-corrected chi connectivity index (χ4v) is 5.46. The highest BCUT2D eigenvalue weighted by atomic mass is 35.5. The molecule has 2 saturated carbocycles. The second kappa shape index (κ2) is 9.09. The number of amides is 1. The van der Waals surface area contributed by atoms with Crippen LogP contribution in [0, 0.1) is 6.92 Å². The summed E-state index contributed by atoms with van der Waals surface area (Å²) in [7, 11) is 0. The van der Waals surface area contributed by atoms with Gasteiger partial charge in [0.1, 0.15) is 17.0 Å². The smallest absolute Gasteiger partial charge is 0.260 e. The quantitative estimate of drug-likeness (QED) is 0.516. The predicted octanol–water partition coefficient (Wildman–Crippen LogP) is 7.06. The van der Waals surface area contributed by atoms with Crippen molar-refractivity contribution in [2.24, 2.45) is 0 Å². The van der Waals surface area contributed by atoms with Crippen molar-refractivity contribution >= 4 is 29.1 Å². The Morgan fingerprint density at radius 2 is 1.59 bits per heavy atom. The minimum absolute atomic E-state index is 0.0450. The van der Waals surface area contributed by atoms with Crippen LogP contribution < -0.4 is 0 Å². The number of hydrogen-bond acceptors (Lipinski definition) is 3. The van der Waals surface area contributed by atoms with E-state index in [1.54, 1.807) is 12.1 Å². The van der Waals surface area contributed by atoms with E-state index in [0.717, 1.165) is 25.7 Å². The number of carbonyl (C=O) groups is 1. The van der Waals surface area contributed by atoms with Crippen molar-refractivity contribution in [3.05, 3.63) is 39.6 Å². The number of benzene rings is 1. The maximum atomic E-state index is 14.0.